The minimum absolute atomic E-state index is 0.345. The highest BCUT2D eigenvalue weighted by atomic mass is 19.1. The molecule has 1 aliphatic carbocycles. The number of hydrogen-bond acceptors (Lipinski definition) is 2. The van der Waals surface area contributed by atoms with Crippen molar-refractivity contribution in [1.82, 2.24) is 10.2 Å². The molecule has 4 nitrogen and oxygen atoms in total. The largest absolute Gasteiger partial charge is 0.352 e. The van der Waals surface area contributed by atoms with E-state index >= 15 is 0 Å². The summed E-state index contributed by atoms with van der Waals surface area (Å²) in [5.41, 5.74) is 0.904. The molecule has 23 heavy (non-hydrogen) atoms. The third-order valence-corrected chi connectivity index (χ3v) is 5.11. The van der Waals surface area contributed by atoms with Crippen LogP contribution in [0.5, 0.6) is 0 Å². The van der Waals surface area contributed by atoms with Crippen LogP contribution in [0.25, 0.3) is 0 Å². The van der Waals surface area contributed by atoms with Crippen LogP contribution in [0.3, 0.4) is 0 Å². The molecule has 2 aliphatic rings. The van der Waals surface area contributed by atoms with Gasteiger partial charge in [0.1, 0.15) is 5.82 Å². The summed E-state index contributed by atoms with van der Waals surface area (Å²) in [5, 5.41) is 12.1. The topological polar surface area (TPSA) is 51.4 Å². The van der Waals surface area contributed by atoms with Crippen LogP contribution in [0.1, 0.15) is 36.8 Å². The molecule has 2 atom stereocenters. The van der Waals surface area contributed by atoms with Crippen molar-refractivity contribution in [2.45, 2.75) is 32.2 Å². The van der Waals surface area contributed by atoms with Crippen LogP contribution in [0.4, 0.5) is 4.39 Å². The molecular formula is C18H23FN4. The molecule has 0 amide bonds. The van der Waals surface area contributed by atoms with E-state index in [1.807, 2.05) is 6.07 Å². The summed E-state index contributed by atoms with van der Waals surface area (Å²) < 4.78 is 14.0. The lowest BCUT2D eigenvalue weighted by atomic mass is 9.82. The number of guanidine groups is 1. The van der Waals surface area contributed by atoms with Crippen molar-refractivity contribution in [3.8, 4) is 6.07 Å². The zero-order valence-electron chi connectivity index (χ0n) is 13.6. The molecule has 0 radical (unpaired) electrons. The van der Waals surface area contributed by atoms with Gasteiger partial charge in [-0.3, -0.25) is 4.99 Å². The van der Waals surface area contributed by atoms with Crippen molar-refractivity contribution in [2.24, 2.45) is 16.8 Å². The second-order valence-corrected chi connectivity index (χ2v) is 6.53. The van der Waals surface area contributed by atoms with Crippen LogP contribution in [0.2, 0.25) is 0 Å². The lowest BCUT2D eigenvalue weighted by Crippen LogP contribution is -2.40. The molecule has 2 unspecified atom stereocenters. The number of benzene rings is 1. The fraction of sp³-hybridized carbons (Fsp3) is 0.556. The van der Waals surface area contributed by atoms with Gasteiger partial charge in [0.05, 0.1) is 11.6 Å². The fourth-order valence-corrected chi connectivity index (χ4v) is 3.85. The van der Waals surface area contributed by atoms with E-state index in [0.29, 0.717) is 17.7 Å². The van der Waals surface area contributed by atoms with E-state index in [1.165, 1.54) is 31.7 Å². The Morgan fingerprint density at radius 1 is 1.35 bits per heavy atom. The second kappa shape index (κ2) is 6.99. The third-order valence-electron chi connectivity index (χ3n) is 5.11. The average Bonchev–Trinajstić information content (AvgIpc) is 3.00. The van der Waals surface area contributed by atoms with Gasteiger partial charge in [-0.05, 0) is 36.8 Å². The highest BCUT2D eigenvalue weighted by Gasteiger charge is 2.35. The van der Waals surface area contributed by atoms with E-state index < -0.39 is 0 Å². The van der Waals surface area contributed by atoms with Gasteiger partial charge in [-0.2, -0.15) is 5.26 Å². The number of fused-ring (bicyclic) bond motifs is 1. The van der Waals surface area contributed by atoms with Crippen LogP contribution in [-0.2, 0) is 6.54 Å². The summed E-state index contributed by atoms with van der Waals surface area (Å²) in [6, 6.07) is 6.54. The Morgan fingerprint density at radius 3 is 2.61 bits per heavy atom. The molecule has 1 saturated carbocycles. The summed E-state index contributed by atoms with van der Waals surface area (Å²) in [6.45, 7) is 2.50. The van der Waals surface area contributed by atoms with E-state index in [1.54, 1.807) is 19.2 Å². The van der Waals surface area contributed by atoms with Crippen molar-refractivity contribution in [1.29, 1.82) is 5.26 Å². The van der Waals surface area contributed by atoms with E-state index in [-0.39, 0.29) is 5.82 Å². The smallest absolute Gasteiger partial charge is 0.193 e. The lowest BCUT2D eigenvalue weighted by molar-refractivity contribution is 0.299. The zero-order valence-corrected chi connectivity index (χ0v) is 13.6. The summed E-state index contributed by atoms with van der Waals surface area (Å²) in [6.07, 6.45) is 5.33. The quantitative estimate of drug-likeness (QED) is 0.674. The van der Waals surface area contributed by atoms with Gasteiger partial charge in [-0.15, -0.1) is 0 Å². The molecule has 1 N–H and O–H groups in total. The van der Waals surface area contributed by atoms with Crippen LogP contribution in [-0.4, -0.2) is 31.0 Å². The first-order valence-corrected chi connectivity index (χ1v) is 8.35. The van der Waals surface area contributed by atoms with Crippen molar-refractivity contribution < 1.29 is 4.39 Å². The summed E-state index contributed by atoms with van der Waals surface area (Å²) >= 11 is 0. The molecule has 122 valence electrons. The van der Waals surface area contributed by atoms with Crippen LogP contribution >= 0.6 is 0 Å². The fourth-order valence-electron chi connectivity index (χ4n) is 3.85. The number of aliphatic imine (C=N–C) groups is 1. The Bertz CT molecular complexity index is 620. The number of rotatable bonds is 2. The van der Waals surface area contributed by atoms with Gasteiger partial charge < -0.3 is 10.2 Å². The maximum atomic E-state index is 14.0. The second-order valence-electron chi connectivity index (χ2n) is 6.53. The Morgan fingerprint density at radius 2 is 2.04 bits per heavy atom. The molecule has 3 rings (SSSR count). The number of nitrogens with one attached hydrogen (secondary N) is 1. The van der Waals surface area contributed by atoms with Crippen molar-refractivity contribution in [2.75, 3.05) is 20.1 Å². The van der Waals surface area contributed by atoms with Gasteiger partial charge in [0.15, 0.2) is 5.96 Å². The Labute approximate surface area is 137 Å². The minimum atomic E-state index is -0.345. The first-order valence-electron chi connectivity index (χ1n) is 8.35. The molecule has 2 fully saturated rings. The van der Waals surface area contributed by atoms with Gasteiger partial charge in [-0.25, -0.2) is 4.39 Å². The number of halogens is 1. The van der Waals surface area contributed by atoms with E-state index in [0.717, 1.165) is 30.9 Å². The molecule has 1 aromatic rings. The van der Waals surface area contributed by atoms with Crippen molar-refractivity contribution >= 4 is 5.96 Å². The number of hydrogen-bond donors (Lipinski definition) is 1. The maximum absolute atomic E-state index is 14.0. The highest BCUT2D eigenvalue weighted by Crippen LogP contribution is 2.35. The Kier molecular flexibility index (Phi) is 4.80. The first kappa shape index (κ1) is 15.8. The third kappa shape index (κ3) is 3.47. The number of nitriles is 1. The molecule has 0 spiro atoms. The van der Waals surface area contributed by atoms with E-state index in [4.69, 9.17) is 5.26 Å². The van der Waals surface area contributed by atoms with Crippen molar-refractivity contribution in [3.63, 3.8) is 0 Å². The molecule has 0 aromatic heterocycles. The van der Waals surface area contributed by atoms with Gasteiger partial charge >= 0.3 is 0 Å². The standard InChI is InChI=1S/C18H23FN4/c1-21-18(23-11-15-4-2-3-5-16(15)12-23)22-10-14-7-6-13(9-20)8-17(14)19/h6-8,15-16H,2-5,10-12H2,1H3,(H,21,22). The zero-order chi connectivity index (χ0) is 16.2. The number of likely N-dealkylation sites (tertiary alicyclic amines) is 1. The highest BCUT2D eigenvalue weighted by molar-refractivity contribution is 5.80. The van der Waals surface area contributed by atoms with Gasteiger partial charge in [-0.1, -0.05) is 18.9 Å². The van der Waals surface area contributed by atoms with Crippen LogP contribution < -0.4 is 5.32 Å². The van der Waals surface area contributed by atoms with E-state index in [2.05, 4.69) is 15.2 Å². The van der Waals surface area contributed by atoms with Gasteiger partial charge in [0.2, 0.25) is 0 Å². The number of nitrogens with zero attached hydrogens (tertiary/aromatic N) is 3. The van der Waals surface area contributed by atoms with Crippen LogP contribution in [0.15, 0.2) is 23.2 Å². The molecule has 1 aromatic carbocycles. The molecule has 0 bridgehead atoms. The molecule has 1 saturated heterocycles. The van der Waals surface area contributed by atoms with Gasteiger partial charge in [0, 0.05) is 32.2 Å². The summed E-state index contributed by atoms with van der Waals surface area (Å²) in [4.78, 5) is 6.67. The lowest BCUT2D eigenvalue weighted by Gasteiger charge is -2.22. The van der Waals surface area contributed by atoms with Gasteiger partial charge in [0.25, 0.3) is 0 Å². The predicted octanol–water partition coefficient (Wildman–Crippen LogP) is 2.89. The molecule has 1 heterocycles. The Hall–Kier alpha value is -2.09. The predicted molar refractivity (Wildman–Crippen MR) is 88.3 cm³/mol. The van der Waals surface area contributed by atoms with Crippen LogP contribution in [0, 0.1) is 29.0 Å². The maximum Gasteiger partial charge on any atom is 0.193 e. The Balaban J connectivity index is 1.61. The molecular weight excluding hydrogens is 291 g/mol. The first-order chi connectivity index (χ1) is 11.2. The normalized spacial score (nSPS) is 24.2. The monoisotopic (exact) mass is 314 g/mol. The minimum Gasteiger partial charge on any atom is -0.352 e. The average molecular weight is 314 g/mol. The summed E-state index contributed by atoms with van der Waals surface area (Å²) in [7, 11) is 1.78. The SMILES string of the molecule is CN=C(NCc1ccc(C#N)cc1F)N1CC2CCCCC2C1. The van der Waals surface area contributed by atoms with Crippen molar-refractivity contribution in [3.05, 3.63) is 35.1 Å². The van der Waals surface area contributed by atoms with E-state index in [9.17, 15) is 4.39 Å². The molecule has 5 heteroatoms. The summed E-state index contributed by atoms with van der Waals surface area (Å²) in [5.74, 6) is 2.08. The molecule has 1 aliphatic heterocycles.